The van der Waals surface area contributed by atoms with Gasteiger partial charge in [0.25, 0.3) is 0 Å². The van der Waals surface area contributed by atoms with Gasteiger partial charge >= 0.3 is 6.18 Å². The second-order valence-electron chi connectivity index (χ2n) is 5.82. The topological polar surface area (TPSA) is 33.6 Å². The Balaban J connectivity index is 1.84. The van der Waals surface area contributed by atoms with Crippen LogP contribution in [0.5, 0.6) is 5.75 Å². The van der Waals surface area contributed by atoms with Gasteiger partial charge in [0.1, 0.15) is 11.6 Å². The Kier molecular flexibility index (Phi) is 5.76. The largest absolute Gasteiger partial charge is 0.496 e. The van der Waals surface area contributed by atoms with Crippen LogP contribution in [0.25, 0.3) is 0 Å². The molecule has 138 valence electrons. The van der Waals surface area contributed by atoms with Crippen LogP contribution in [0.4, 0.5) is 13.2 Å². The summed E-state index contributed by atoms with van der Waals surface area (Å²) in [6, 6.07) is 11.4. The van der Waals surface area contributed by atoms with E-state index in [-0.39, 0.29) is 0 Å². The molecule has 26 heavy (non-hydrogen) atoms. The van der Waals surface area contributed by atoms with E-state index in [0.717, 1.165) is 47.9 Å². The molecule has 0 spiro atoms. The molecule has 1 heterocycles. The van der Waals surface area contributed by atoms with Gasteiger partial charge in [0.2, 0.25) is 0 Å². The molecule has 3 nitrogen and oxygen atoms in total. The highest BCUT2D eigenvalue weighted by atomic mass is 32.2. The van der Waals surface area contributed by atoms with E-state index in [0.29, 0.717) is 17.1 Å². The summed E-state index contributed by atoms with van der Waals surface area (Å²) in [6.45, 7) is 1.65. The second-order valence-corrected chi connectivity index (χ2v) is 6.84. The van der Waals surface area contributed by atoms with Gasteiger partial charge in [-0.05, 0) is 30.7 Å². The van der Waals surface area contributed by atoms with Crippen LogP contribution in [-0.2, 0) is 11.9 Å². The van der Waals surface area contributed by atoms with Gasteiger partial charge in [0, 0.05) is 34.9 Å². The molecular formula is C19H19F3N2OS. The molecule has 7 heteroatoms. The molecule has 0 aromatic heterocycles. The summed E-state index contributed by atoms with van der Waals surface area (Å²) < 4.78 is 44.2. The predicted octanol–water partition coefficient (Wildman–Crippen LogP) is 4.75. The van der Waals surface area contributed by atoms with Crippen molar-refractivity contribution in [2.45, 2.75) is 23.2 Å². The van der Waals surface area contributed by atoms with E-state index in [4.69, 9.17) is 4.74 Å². The number of nitrogens with zero attached hydrogens (tertiary/aromatic N) is 1. The van der Waals surface area contributed by atoms with E-state index < -0.39 is 11.7 Å². The lowest BCUT2D eigenvalue weighted by Crippen LogP contribution is -2.30. The zero-order chi connectivity index (χ0) is 18.6. The van der Waals surface area contributed by atoms with Gasteiger partial charge in [-0.15, -0.1) is 11.8 Å². The quantitative estimate of drug-likeness (QED) is 0.761. The maximum atomic E-state index is 13.0. The van der Waals surface area contributed by atoms with Crippen molar-refractivity contribution in [3.63, 3.8) is 0 Å². The van der Waals surface area contributed by atoms with Gasteiger partial charge in [0.05, 0.1) is 12.7 Å². The third-order valence-corrected chi connectivity index (χ3v) is 5.15. The van der Waals surface area contributed by atoms with Crippen molar-refractivity contribution in [2.24, 2.45) is 4.99 Å². The number of thioether (sulfide) groups is 1. The third-order valence-electron chi connectivity index (χ3n) is 4.03. The molecule has 0 radical (unpaired) electrons. The van der Waals surface area contributed by atoms with Crippen LogP contribution in [-0.4, -0.2) is 26.0 Å². The number of ether oxygens (including phenoxy) is 1. The lowest BCUT2D eigenvalue weighted by atomic mass is 10.1. The maximum Gasteiger partial charge on any atom is 0.416 e. The monoisotopic (exact) mass is 380 g/mol. The Morgan fingerprint density at radius 2 is 2.00 bits per heavy atom. The highest BCUT2D eigenvalue weighted by Crippen LogP contribution is 2.35. The van der Waals surface area contributed by atoms with Crippen LogP contribution in [0.15, 0.2) is 52.4 Å². The molecule has 0 saturated heterocycles. The fraction of sp³-hybridized carbons (Fsp3) is 0.316. The minimum absolute atomic E-state index is 0.372. The van der Waals surface area contributed by atoms with Crippen LogP contribution in [0.2, 0.25) is 0 Å². The molecule has 0 bridgehead atoms. The van der Waals surface area contributed by atoms with E-state index in [1.54, 1.807) is 0 Å². The predicted molar refractivity (Wildman–Crippen MR) is 98.0 cm³/mol. The molecule has 2 aromatic rings. The lowest BCUT2D eigenvalue weighted by molar-refractivity contribution is -0.137. The van der Waals surface area contributed by atoms with Crippen molar-refractivity contribution < 1.29 is 17.9 Å². The van der Waals surface area contributed by atoms with Crippen LogP contribution < -0.4 is 10.1 Å². The fourth-order valence-electron chi connectivity index (χ4n) is 2.72. The molecule has 0 aliphatic carbocycles. The lowest BCUT2D eigenvalue weighted by Gasteiger charge is -2.18. The number of amidine groups is 1. The van der Waals surface area contributed by atoms with E-state index in [2.05, 4.69) is 10.3 Å². The molecule has 0 saturated carbocycles. The van der Waals surface area contributed by atoms with Gasteiger partial charge < -0.3 is 10.1 Å². The van der Waals surface area contributed by atoms with Gasteiger partial charge in [-0.2, -0.15) is 13.2 Å². The Morgan fingerprint density at radius 1 is 1.19 bits per heavy atom. The van der Waals surface area contributed by atoms with Crippen LogP contribution in [0.3, 0.4) is 0 Å². The first-order valence-electron chi connectivity index (χ1n) is 8.23. The van der Waals surface area contributed by atoms with Crippen molar-refractivity contribution in [1.82, 2.24) is 5.32 Å². The van der Waals surface area contributed by atoms with Crippen molar-refractivity contribution in [2.75, 3.05) is 20.2 Å². The van der Waals surface area contributed by atoms with Crippen molar-refractivity contribution in [3.8, 4) is 5.75 Å². The molecule has 0 unspecified atom stereocenters. The van der Waals surface area contributed by atoms with E-state index in [1.807, 2.05) is 24.3 Å². The van der Waals surface area contributed by atoms with Gasteiger partial charge in [-0.1, -0.05) is 18.2 Å². The second kappa shape index (κ2) is 8.03. The molecule has 0 atom stereocenters. The number of methoxy groups -OCH3 is 1. The average molecular weight is 380 g/mol. The summed E-state index contributed by atoms with van der Waals surface area (Å²) in [5, 5.41) is 3.29. The van der Waals surface area contributed by atoms with Crippen LogP contribution >= 0.6 is 11.8 Å². The first-order chi connectivity index (χ1) is 12.5. The Labute approximate surface area is 154 Å². The number of halogens is 3. The van der Waals surface area contributed by atoms with Crippen molar-refractivity contribution in [3.05, 3.63) is 59.2 Å². The normalized spacial score (nSPS) is 14.5. The molecule has 1 aliphatic rings. The Bertz CT molecular complexity index is 806. The zero-order valence-corrected chi connectivity index (χ0v) is 15.1. The number of hydrogen-bond donors (Lipinski definition) is 1. The summed E-state index contributed by atoms with van der Waals surface area (Å²) in [5.74, 6) is 1.67. The van der Waals surface area contributed by atoms with Gasteiger partial charge in [-0.25, -0.2) is 0 Å². The highest BCUT2D eigenvalue weighted by Gasteiger charge is 2.31. The van der Waals surface area contributed by atoms with E-state index in [9.17, 15) is 13.2 Å². The average Bonchev–Trinajstić information content (AvgIpc) is 2.66. The summed E-state index contributed by atoms with van der Waals surface area (Å²) in [6.07, 6.45) is -3.37. The molecular weight excluding hydrogens is 361 g/mol. The number of benzene rings is 2. The summed E-state index contributed by atoms with van der Waals surface area (Å²) >= 11 is 1.47. The minimum Gasteiger partial charge on any atom is -0.496 e. The van der Waals surface area contributed by atoms with Crippen LogP contribution in [0, 0.1) is 0 Å². The van der Waals surface area contributed by atoms with Crippen LogP contribution in [0.1, 0.15) is 23.1 Å². The van der Waals surface area contributed by atoms with Gasteiger partial charge in [0.15, 0.2) is 0 Å². The van der Waals surface area contributed by atoms with Crippen molar-refractivity contribution in [1.29, 1.82) is 0 Å². The SMILES string of the molecule is COc1ccc(C(F)(F)F)cc1CSc1ccccc1C1=NCCCN1. The first-order valence-corrected chi connectivity index (χ1v) is 9.22. The molecule has 0 amide bonds. The van der Waals surface area contributed by atoms with E-state index >= 15 is 0 Å². The number of nitrogens with one attached hydrogen (secondary N) is 1. The molecule has 1 N–H and O–H groups in total. The third kappa shape index (κ3) is 4.33. The highest BCUT2D eigenvalue weighted by molar-refractivity contribution is 7.98. The number of alkyl halides is 3. The minimum atomic E-state index is -4.37. The van der Waals surface area contributed by atoms with Gasteiger partial charge in [-0.3, -0.25) is 4.99 Å². The Hall–Kier alpha value is -2.15. The summed E-state index contributed by atoms with van der Waals surface area (Å²) in [7, 11) is 1.46. The van der Waals surface area contributed by atoms with E-state index in [1.165, 1.54) is 24.9 Å². The number of aliphatic imine (C=N–C) groups is 1. The summed E-state index contributed by atoms with van der Waals surface area (Å²) in [5.41, 5.74) is 0.823. The fourth-order valence-corrected chi connectivity index (χ4v) is 3.76. The number of hydrogen-bond acceptors (Lipinski definition) is 4. The molecule has 2 aromatic carbocycles. The smallest absolute Gasteiger partial charge is 0.416 e. The Morgan fingerprint density at radius 3 is 2.69 bits per heavy atom. The standard InChI is InChI=1S/C19H19F3N2OS/c1-25-16-8-7-14(19(20,21)22)11-13(16)12-26-17-6-3-2-5-15(17)18-23-9-4-10-24-18/h2-3,5-8,11H,4,9-10,12H2,1H3,(H,23,24). The molecule has 3 rings (SSSR count). The molecule has 1 aliphatic heterocycles. The van der Waals surface area contributed by atoms with Crippen molar-refractivity contribution >= 4 is 17.6 Å². The maximum absolute atomic E-state index is 13.0. The molecule has 0 fully saturated rings. The first kappa shape index (κ1) is 18.6. The summed E-state index contributed by atoms with van der Waals surface area (Å²) in [4.78, 5) is 5.49. The number of rotatable bonds is 5. The zero-order valence-electron chi connectivity index (χ0n) is 14.3.